The van der Waals surface area contributed by atoms with Crippen LogP contribution in [0.25, 0.3) is 10.9 Å². The lowest BCUT2D eigenvalue weighted by Crippen LogP contribution is -2.07. The van der Waals surface area contributed by atoms with Crippen molar-refractivity contribution < 1.29 is 5.11 Å². The summed E-state index contributed by atoms with van der Waals surface area (Å²) in [5.41, 5.74) is 4.67. The van der Waals surface area contributed by atoms with Crippen LogP contribution in [0.3, 0.4) is 0 Å². The Morgan fingerprint density at radius 1 is 1.12 bits per heavy atom. The number of para-hydroxylation sites is 1. The first-order valence-electron chi connectivity index (χ1n) is 5.87. The lowest BCUT2D eigenvalue weighted by atomic mass is 9.88. The molecule has 16 heavy (non-hydrogen) atoms. The van der Waals surface area contributed by atoms with Crippen molar-refractivity contribution in [2.45, 2.75) is 32.6 Å². The number of aromatic hydroxyl groups is 1. The number of aryl methyl sites for hydroxylation is 2. The highest BCUT2D eigenvalue weighted by Crippen LogP contribution is 2.33. The van der Waals surface area contributed by atoms with Crippen LogP contribution in [0.1, 0.15) is 29.7 Å². The molecule has 82 valence electrons. The molecule has 0 atom stereocenters. The molecule has 1 aromatic heterocycles. The van der Waals surface area contributed by atoms with E-state index in [0.29, 0.717) is 5.75 Å². The van der Waals surface area contributed by atoms with E-state index in [1.807, 2.05) is 6.07 Å². The van der Waals surface area contributed by atoms with Gasteiger partial charge in [0.2, 0.25) is 0 Å². The van der Waals surface area contributed by atoms with E-state index in [1.165, 1.54) is 24.0 Å². The van der Waals surface area contributed by atoms with Crippen LogP contribution in [0.5, 0.6) is 5.75 Å². The molecule has 1 aliphatic rings. The number of phenols is 1. The predicted molar refractivity (Wildman–Crippen MR) is 64.8 cm³/mol. The highest BCUT2D eigenvalue weighted by molar-refractivity contribution is 5.88. The molecule has 2 heteroatoms. The minimum atomic E-state index is 0.300. The van der Waals surface area contributed by atoms with Crippen molar-refractivity contribution in [1.82, 2.24) is 4.98 Å². The maximum absolute atomic E-state index is 9.83. The van der Waals surface area contributed by atoms with E-state index in [4.69, 9.17) is 0 Å². The van der Waals surface area contributed by atoms with Crippen molar-refractivity contribution in [1.29, 1.82) is 0 Å². The van der Waals surface area contributed by atoms with E-state index < -0.39 is 0 Å². The highest BCUT2D eigenvalue weighted by atomic mass is 16.3. The lowest BCUT2D eigenvalue weighted by Gasteiger charge is -2.19. The second-order valence-corrected chi connectivity index (χ2v) is 4.53. The van der Waals surface area contributed by atoms with E-state index in [-0.39, 0.29) is 0 Å². The summed E-state index contributed by atoms with van der Waals surface area (Å²) in [6.45, 7) is 2.05. The largest absolute Gasteiger partial charge is 0.506 e. The maximum Gasteiger partial charge on any atom is 0.141 e. The molecule has 0 fully saturated rings. The van der Waals surface area contributed by atoms with Gasteiger partial charge in [0.05, 0.1) is 0 Å². The van der Waals surface area contributed by atoms with Crippen LogP contribution >= 0.6 is 0 Å². The summed E-state index contributed by atoms with van der Waals surface area (Å²) >= 11 is 0. The Bertz CT molecular complexity index is 560. The summed E-state index contributed by atoms with van der Waals surface area (Å²) in [6, 6.07) is 5.69. The molecule has 0 bridgehead atoms. The maximum atomic E-state index is 9.83. The Morgan fingerprint density at radius 2 is 1.88 bits per heavy atom. The Kier molecular flexibility index (Phi) is 2.10. The van der Waals surface area contributed by atoms with Gasteiger partial charge < -0.3 is 5.11 Å². The summed E-state index contributed by atoms with van der Waals surface area (Å²) in [7, 11) is 0. The van der Waals surface area contributed by atoms with Crippen molar-refractivity contribution in [3.05, 3.63) is 35.0 Å². The Hall–Kier alpha value is -1.57. The van der Waals surface area contributed by atoms with Gasteiger partial charge in [0.25, 0.3) is 0 Å². The van der Waals surface area contributed by atoms with E-state index in [2.05, 4.69) is 18.0 Å². The molecule has 0 aliphatic heterocycles. The topological polar surface area (TPSA) is 33.1 Å². The molecule has 1 aliphatic carbocycles. The van der Waals surface area contributed by atoms with Crippen LogP contribution in [-0.4, -0.2) is 10.1 Å². The second kappa shape index (κ2) is 3.48. The molecule has 0 saturated heterocycles. The fourth-order valence-corrected chi connectivity index (χ4v) is 2.73. The second-order valence-electron chi connectivity index (χ2n) is 4.53. The molecular weight excluding hydrogens is 198 g/mol. The lowest BCUT2D eigenvalue weighted by molar-refractivity contribution is 0.480. The zero-order valence-corrected chi connectivity index (χ0v) is 9.45. The monoisotopic (exact) mass is 213 g/mol. The third kappa shape index (κ3) is 1.29. The van der Waals surface area contributed by atoms with Crippen LogP contribution in [0.2, 0.25) is 0 Å². The smallest absolute Gasteiger partial charge is 0.141 e. The zero-order chi connectivity index (χ0) is 11.1. The number of nitrogens with zero attached hydrogens (tertiary/aromatic N) is 1. The Labute approximate surface area is 94.9 Å². The van der Waals surface area contributed by atoms with Gasteiger partial charge in [-0.15, -0.1) is 0 Å². The van der Waals surface area contributed by atoms with Crippen molar-refractivity contribution in [2.75, 3.05) is 0 Å². The summed E-state index contributed by atoms with van der Waals surface area (Å²) in [5, 5.41) is 11.0. The van der Waals surface area contributed by atoms with Gasteiger partial charge in [-0.25, -0.2) is 4.98 Å². The average molecular weight is 213 g/mol. The molecule has 1 heterocycles. The van der Waals surface area contributed by atoms with Crippen LogP contribution in [0.4, 0.5) is 0 Å². The number of pyridine rings is 1. The number of benzene rings is 1. The van der Waals surface area contributed by atoms with Gasteiger partial charge in [-0.2, -0.15) is 0 Å². The summed E-state index contributed by atoms with van der Waals surface area (Å²) < 4.78 is 0. The van der Waals surface area contributed by atoms with E-state index >= 15 is 0 Å². The Balaban J connectivity index is 2.42. The summed E-state index contributed by atoms with van der Waals surface area (Å²) in [4.78, 5) is 4.54. The summed E-state index contributed by atoms with van der Waals surface area (Å²) in [6.07, 6.45) is 4.78. The van der Waals surface area contributed by atoms with Gasteiger partial charge >= 0.3 is 0 Å². The van der Waals surface area contributed by atoms with Gasteiger partial charge in [0.15, 0.2) is 0 Å². The van der Waals surface area contributed by atoms with Gasteiger partial charge in [-0.3, -0.25) is 0 Å². The van der Waals surface area contributed by atoms with Crippen molar-refractivity contribution in [3.8, 4) is 5.75 Å². The standard InChI is InChI=1S/C14H15NO/c1-9-10-5-2-3-6-11(10)12-7-4-8-13(16)14(12)15-9/h4,7-8,16H,2-3,5-6H2,1H3. The molecule has 0 spiro atoms. The molecule has 1 aromatic carbocycles. The minimum Gasteiger partial charge on any atom is -0.506 e. The van der Waals surface area contributed by atoms with Gasteiger partial charge in [0, 0.05) is 11.1 Å². The number of aromatic nitrogens is 1. The highest BCUT2D eigenvalue weighted by Gasteiger charge is 2.17. The molecule has 0 saturated carbocycles. The first-order chi connectivity index (χ1) is 7.77. The van der Waals surface area contributed by atoms with E-state index in [1.54, 1.807) is 6.07 Å². The number of rotatable bonds is 0. The van der Waals surface area contributed by atoms with Crippen LogP contribution in [-0.2, 0) is 12.8 Å². The number of hydrogen-bond donors (Lipinski definition) is 1. The van der Waals surface area contributed by atoms with Gasteiger partial charge in [-0.05, 0) is 49.8 Å². The van der Waals surface area contributed by atoms with Crippen molar-refractivity contribution in [3.63, 3.8) is 0 Å². The molecule has 2 aromatic rings. The average Bonchev–Trinajstić information content (AvgIpc) is 2.31. The molecule has 3 rings (SSSR count). The minimum absolute atomic E-state index is 0.300. The predicted octanol–water partition coefficient (Wildman–Crippen LogP) is 3.13. The SMILES string of the molecule is Cc1nc2c(O)cccc2c2c1CCCC2. The van der Waals surface area contributed by atoms with Crippen molar-refractivity contribution >= 4 is 10.9 Å². The first kappa shape index (κ1) is 9.64. The van der Waals surface area contributed by atoms with Gasteiger partial charge in [-0.1, -0.05) is 12.1 Å². The zero-order valence-electron chi connectivity index (χ0n) is 9.45. The van der Waals surface area contributed by atoms with Gasteiger partial charge in [0.1, 0.15) is 11.3 Å². The number of phenolic OH excluding ortho intramolecular Hbond substituents is 1. The molecular formula is C14H15NO. The fourth-order valence-electron chi connectivity index (χ4n) is 2.73. The Morgan fingerprint density at radius 3 is 2.69 bits per heavy atom. The van der Waals surface area contributed by atoms with Crippen LogP contribution in [0.15, 0.2) is 18.2 Å². The quantitative estimate of drug-likeness (QED) is 0.729. The molecule has 1 N–H and O–H groups in total. The van der Waals surface area contributed by atoms with Crippen LogP contribution in [0, 0.1) is 6.92 Å². The molecule has 0 radical (unpaired) electrons. The van der Waals surface area contributed by atoms with E-state index in [0.717, 1.165) is 29.4 Å². The molecule has 0 amide bonds. The van der Waals surface area contributed by atoms with E-state index in [9.17, 15) is 5.11 Å². The normalized spacial score (nSPS) is 15.1. The molecule has 0 unspecified atom stereocenters. The number of hydrogen-bond acceptors (Lipinski definition) is 2. The van der Waals surface area contributed by atoms with Crippen molar-refractivity contribution in [2.24, 2.45) is 0 Å². The third-order valence-corrected chi connectivity index (χ3v) is 3.52. The summed E-state index contributed by atoms with van der Waals surface area (Å²) in [5.74, 6) is 0.300. The first-order valence-corrected chi connectivity index (χ1v) is 5.87. The third-order valence-electron chi connectivity index (χ3n) is 3.52. The number of fused-ring (bicyclic) bond motifs is 3. The fraction of sp³-hybridized carbons (Fsp3) is 0.357. The molecule has 2 nitrogen and oxygen atoms in total. The van der Waals surface area contributed by atoms with Crippen LogP contribution < -0.4 is 0 Å².